The van der Waals surface area contributed by atoms with Crippen LogP contribution in [0.2, 0.25) is 0 Å². The van der Waals surface area contributed by atoms with Crippen molar-refractivity contribution < 1.29 is 9.18 Å². The highest BCUT2D eigenvalue weighted by Gasteiger charge is 2.36. The molecule has 2 atom stereocenters. The van der Waals surface area contributed by atoms with Crippen LogP contribution in [0, 0.1) is 11.7 Å². The number of carbonyl (C=O) groups excluding carboxylic acids is 1. The molecule has 1 saturated heterocycles. The largest absolute Gasteiger partial charge is 0.378 e. The highest BCUT2D eigenvalue weighted by molar-refractivity contribution is 5.82. The molecule has 174 valence electrons. The number of rotatable bonds is 10. The highest BCUT2D eigenvalue weighted by Crippen LogP contribution is 2.21. The van der Waals surface area contributed by atoms with E-state index < -0.39 is 0 Å². The normalized spacial score (nSPS) is 18.8. The summed E-state index contributed by atoms with van der Waals surface area (Å²) in [5.74, 6) is 0.314. The summed E-state index contributed by atoms with van der Waals surface area (Å²) in [6.45, 7) is 7.35. The van der Waals surface area contributed by atoms with Gasteiger partial charge in [-0.05, 0) is 48.1 Å². The fraction of sp³-hybridized carbons (Fsp3) is 0.500. The van der Waals surface area contributed by atoms with Crippen LogP contribution in [-0.2, 0) is 17.8 Å². The van der Waals surface area contributed by atoms with Crippen molar-refractivity contribution >= 4 is 11.6 Å². The minimum atomic E-state index is -0.216. The standard InChI is InChI=1S/C26H37FN4O/c1-19(2)17-31-18-22(29-16-20-9-11-23(12-10-20)30(3)4)15-25(31)26(32)28-14-13-21-7-5-6-8-24(21)27/h5-12,19,22,25,29H,13-18H2,1-4H3,(H,28,32)/t22-,25-/m0/s1. The van der Waals surface area contributed by atoms with Gasteiger partial charge in [0.05, 0.1) is 6.04 Å². The van der Waals surface area contributed by atoms with E-state index in [1.165, 1.54) is 17.3 Å². The Balaban J connectivity index is 1.53. The van der Waals surface area contributed by atoms with E-state index in [4.69, 9.17) is 0 Å². The van der Waals surface area contributed by atoms with Gasteiger partial charge in [-0.25, -0.2) is 4.39 Å². The van der Waals surface area contributed by atoms with Crippen LogP contribution in [0.3, 0.4) is 0 Å². The summed E-state index contributed by atoms with van der Waals surface area (Å²) in [6.07, 6.45) is 1.29. The first-order valence-corrected chi connectivity index (χ1v) is 11.6. The molecular formula is C26H37FN4O. The van der Waals surface area contributed by atoms with Gasteiger partial charge in [0.15, 0.2) is 0 Å². The molecule has 0 unspecified atom stereocenters. The lowest BCUT2D eigenvalue weighted by atomic mass is 10.1. The third kappa shape index (κ3) is 6.78. The Labute approximate surface area is 192 Å². The molecule has 0 bridgehead atoms. The molecule has 0 aromatic heterocycles. The van der Waals surface area contributed by atoms with Gasteiger partial charge in [-0.15, -0.1) is 0 Å². The second kappa shape index (κ2) is 11.4. The van der Waals surface area contributed by atoms with Gasteiger partial charge in [0.2, 0.25) is 5.91 Å². The van der Waals surface area contributed by atoms with Gasteiger partial charge in [-0.1, -0.05) is 44.2 Å². The summed E-state index contributed by atoms with van der Waals surface area (Å²) in [5, 5.41) is 6.67. The Morgan fingerprint density at radius 2 is 1.88 bits per heavy atom. The molecule has 1 fully saturated rings. The van der Waals surface area contributed by atoms with E-state index in [1.54, 1.807) is 12.1 Å². The molecule has 5 nitrogen and oxygen atoms in total. The number of nitrogens with one attached hydrogen (secondary N) is 2. The van der Waals surface area contributed by atoms with Crippen LogP contribution in [0.15, 0.2) is 48.5 Å². The second-order valence-corrected chi connectivity index (χ2v) is 9.37. The lowest BCUT2D eigenvalue weighted by Gasteiger charge is -2.25. The molecular weight excluding hydrogens is 403 g/mol. The molecule has 1 aliphatic heterocycles. The van der Waals surface area contributed by atoms with Gasteiger partial charge in [-0.3, -0.25) is 9.69 Å². The minimum absolute atomic E-state index is 0.0432. The summed E-state index contributed by atoms with van der Waals surface area (Å²) in [4.78, 5) is 17.3. The molecule has 1 aliphatic rings. The van der Waals surface area contributed by atoms with Crippen LogP contribution in [-0.4, -0.2) is 56.6 Å². The van der Waals surface area contributed by atoms with Crippen LogP contribution < -0.4 is 15.5 Å². The summed E-state index contributed by atoms with van der Waals surface area (Å²) >= 11 is 0. The van der Waals surface area contributed by atoms with E-state index in [9.17, 15) is 9.18 Å². The average Bonchev–Trinajstić information content (AvgIpc) is 3.16. The quantitative estimate of drug-likeness (QED) is 0.594. The number of benzene rings is 2. The molecule has 1 amide bonds. The van der Waals surface area contributed by atoms with E-state index in [0.717, 1.165) is 26.1 Å². The van der Waals surface area contributed by atoms with E-state index in [1.807, 2.05) is 20.2 Å². The minimum Gasteiger partial charge on any atom is -0.378 e. The number of amides is 1. The Kier molecular flexibility index (Phi) is 8.65. The molecule has 32 heavy (non-hydrogen) atoms. The van der Waals surface area contributed by atoms with Crippen molar-refractivity contribution in [1.29, 1.82) is 0 Å². The van der Waals surface area contributed by atoms with E-state index in [0.29, 0.717) is 24.4 Å². The van der Waals surface area contributed by atoms with Crippen molar-refractivity contribution in [2.45, 2.75) is 45.3 Å². The molecule has 2 aromatic rings. The number of hydrogen-bond acceptors (Lipinski definition) is 4. The Morgan fingerprint density at radius 3 is 2.53 bits per heavy atom. The van der Waals surface area contributed by atoms with E-state index in [2.05, 4.69) is 58.5 Å². The van der Waals surface area contributed by atoms with E-state index in [-0.39, 0.29) is 23.8 Å². The first kappa shape index (κ1) is 24.2. The number of halogens is 1. The first-order chi connectivity index (χ1) is 15.3. The zero-order chi connectivity index (χ0) is 23.1. The molecule has 6 heteroatoms. The van der Waals surface area contributed by atoms with Crippen molar-refractivity contribution in [2.24, 2.45) is 5.92 Å². The number of anilines is 1. The van der Waals surface area contributed by atoms with Crippen molar-refractivity contribution in [2.75, 3.05) is 38.6 Å². The Hall–Kier alpha value is -2.44. The van der Waals surface area contributed by atoms with Gasteiger partial charge in [0.25, 0.3) is 0 Å². The second-order valence-electron chi connectivity index (χ2n) is 9.37. The maximum Gasteiger partial charge on any atom is 0.237 e. The van der Waals surface area contributed by atoms with Crippen molar-refractivity contribution in [3.05, 3.63) is 65.5 Å². The summed E-state index contributed by atoms with van der Waals surface area (Å²) in [6, 6.07) is 15.4. The Bertz CT molecular complexity index is 868. The number of carbonyl (C=O) groups is 1. The molecule has 2 N–H and O–H groups in total. The molecule has 1 heterocycles. The van der Waals surface area contributed by atoms with Gasteiger partial charge in [0.1, 0.15) is 5.82 Å². The highest BCUT2D eigenvalue weighted by atomic mass is 19.1. The van der Waals surface area contributed by atoms with Crippen LogP contribution >= 0.6 is 0 Å². The maximum atomic E-state index is 13.8. The molecule has 2 aromatic carbocycles. The third-order valence-corrected chi connectivity index (χ3v) is 6.00. The van der Waals surface area contributed by atoms with E-state index >= 15 is 0 Å². The molecule has 0 radical (unpaired) electrons. The fourth-order valence-electron chi connectivity index (χ4n) is 4.31. The summed E-state index contributed by atoms with van der Waals surface area (Å²) < 4.78 is 13.8. The number of hydrogen-bond donors (Lipinski definition) is 2. The maximum absolute atomic E-state index is 13.8. The third-order valence-electron chi connectivity index (χ3n) is 6.00. The SMILES string of the molecule is CC(C)CN1C[C@@H](NCc2ccc(N(C)C)cc2)C[C@H]1C(=O)NCCc1ccccc1F. The predicted octanol–water partition coefficient (Wildman–Crippen LogP) is 3.44. The number of nitrogens with zero attached hydrogens (tertiary/aromatic N) is 2. The van der Waals surface area contributed by atoms with Gasteiger partial charge in [-0.2, -0.15) is 0 Å². The van der Waals surface area contributed by atoms with Crippen LogP contribution in [0.25, 0.3) is 0 Å². The van der Waals surface area contributed by atoms with Crippen LogP contribution in [0.5, 0.6) is 0 Å². The van der Waals surface area contributed by atoms with Crippen molar-refractivity contribution in [3.8, 4) is 0 Å². The van der Waals surface area contributed by atoms with Gasteiger partial charge < -0.3 is 15.5 Å². The number of likely N-dealkylation sites (tertiary alicyclic amines) is 1. The molecule has 0 aliphatic carbocycles. The zero-order valence-corrected chi connectivity index (χ0v) is 19.8. The first-order valence-electron chi connectivity index (χ1n) is 11.6. The van der Waals surface area contributed by atoms with Crippen molar-refractivity contribution in [3.63, 3.8) is 0 Å². The topological polar surface area (TPSA) is 47.6 Å². The fourth-order valence-corrected chi connectivity index (χ4v) is 4.31. The van der Waals surface area contributed by atoms with Gasteiger partial charge >= 0.3 is 0 Å². The summed E-state index contributed by atoms with van der Waals surface area (Å²) in [5.41, 5.74) is 3.06. The monoisotopic (exact) mass is 440 g/mol. The smallest absolute Gasteiger partial charge is 0.237 e. The molecule has 0 spiro atoms. The summed E-state index contributed by atoms with van der Waals surface area (Å²) in [7, 11) is 4.08. The van der Waals surface area contributed by atoms with Crippen molar-refractivity contribution in [1.82, 2.24) is 15.5 Å². The predicted molar refractivity (Wildman–Crippen MR) is 129 cm³/mol. The lowest BCUT2D eigenvalue weighted by Crippen LogP contribution is -2.45. The zero-order valence-electron chi connectivity index (χ0n) is 19.8. The average molecular weight is 441 g/mol. The molecule has 3 rings (SSSR count). The Morgan fingerprint density at radius 1 is 1.16 bits per heavy atom. The molecule has 0 saturated carbocycles. The van der Waals surface area contributed by atoms with Crippen LogP contribution in [0.4, 0.5) is 10.1 Å². The lowest BCUT2D eigenvalue weighted by molar-refractivity contribution is -0.125. The van der Waals surface area contributed by atoms with Crippen LogP contribution in [0.1, 0.15) is 31.4 Å². The van der Waals surface area contributed by atoms with Gasteiger partial charge in [0, 0.05) is 52.0 Å².